The summed E-state index contributed by atoms with van der Waals surface area (Å²) in [6.07, 6.45) is 4.43. The lowest BCUT2D eigenvalue weighted by Crippen LogP contribution is -2.37. The van der Waals surface area contributed by atoms with Gasteiger partial charge in [0.1, 0.15) is 11.6 Å². The van der Waals surface area contributed by atoms with Crippen LogP contribution in [0.2, 0.25) is 0 Å². The molecule has 4 heteroatoms. The maximum absolute atomic E-state index is 13.9. The number of nitrogens with zero attached hydrogens (tertiary/aromatic N) is 1. The van der Waals surface area contributed by atoms with Crippen molar-refractivity contribution in [2.45, 2.75) is 37.8 Å². The zero-order chi connectivity index (χ0) is 13.8. The van der Waals surface area contributed by atoms with Crippen molar-refractivity contribution in [2.75, 3.05) is 20.6 Å². The van der Waals surface area contributed by atoms with E-state index in [1.165, 1.54) is 18.9 Å². The van der Waals surface area contributed by atoms with Crippen LogP contribution >= 0.6 is 0 Å². The first-order valence-electron chi connectivity index (χ1n) is 6.92. The lowest BCUT2D eigenvalue weighted by molar-refractivity contribution is 0.235. The average molecular weight is 268 g/mol. The normalized spacial score (nSPS) is 21.6. The minimum atomic E-state index is -0.519. The Hall–Kier alpha value is -1.00. The highest BCUT2D eigenvalue weighted by molar-refractivity contribution is 5.22. The minimum absolute atomic E-state index is 0.0174. The van der Waals surface area contributed by atoms with E-state index in [1.54, 1.807) is 6.07 Å². The molecular weight excluding hydrogens is 246 g/mol. The van der Waals surface area contributed by atoms with Crippen LogP contribution < -0.4 is 5.32 Å². The fourth-order valence-corrected chi connectivity index (χ4v) is 2.78. The molecule has 106 valence electrons. The molecule has 1 aromatic carbocycles. The van der Waals surface area contributed by atoms with Crippen molar-refractivity contribution in [2.24, 2.45) is 0 Å². The average Bonchev–Trinajstić information content (AvgIpc) is 2.38. The maximum atomic E-state index is 13.9. The predicted molar refractivity (Wildman–Crippen MR) is 73.0 cm³/mol. The van der Waals surface area contributed by atoms with Crippen LogP contribution in [0, 0.1) is 11.6 Å². The van der Waals surface area contributed by atoms with Gasteiger partial charge in [0.05, 0.1) is 0 Å². The van der Waals surface area contributed by atoms with Crippen LogP contribution in [0.5, 0.6) is 0 Å². The molecule has 1 N–H and O–H groups in total. The molecule has 0 saturated carbocycles. The molecule has 2 nitrogen and oxygen atoms in total. The minimum Gasteiger partial charge on any atom is -0.314 e. The topological polar surface area (TPSA) is 15.3 Å². The van der Waals surface area contributed by atoms with E-state index in [0.29, 0.717) is 11.6 Å². The summed E-state index contributed by atoms with van der Waals surface area (Å²) < 4.78 is 26.9. The van der Waals surface area contributed by atoms with Gasteiger partial charge in [0.25, 0.3) is 0 Å². The van der Waals surface area contributed by atoms with Gasteiger partial charge in [-0.2, -0.15) is 0 Å². The highest BCUT2D eigenvalue weighted by atomic mass is 19.1. The summed E-state index contributed by atoms with van der Waals surface area (Å²) in [6, 6.07) is 4.28. The molecule has 0 bridgehead atoms. The number of benzene rings is 1. The van der Waals surface area contributed by atoms with E-state index in [9.17, 15) is 8.78 Å². The molecule has 0 radical (unpaired) electrons. The molecule has 0 aromatic heterocycles. The van der Waals surface area contributed by atoms with Gasteiger partial charge < -0.3 is 10.2 Å². The summed E-state index contributed by atoms with van der Waals surface area (Å²) in [5.41, 5.74) is 0.582. The van der Waals surface area contributed by atoms with Crippen molar-refractivity contribution in [3.8, 4) is 0 Å². The van der Waals surface area contributed by atoms with Crippen LogP contribution in [0.15, 0.2) is 18.2 Å². The Balaban J connectivity index is 2.14. The Labute approximate surface area is 113 Å². The van der Waals surface area contributed by atoms with Gasteiger partial charge in [-0.1, -0.05) is 12.5 Å². The van der Waals surface area contributed by atoms with Crippen molar-refractivity contribution in [1.82, 2.24) is 10.2 Å². The van der Waals surface area contributed by atoms with Crippen molar-refractivity contribution in [3.63, 3.8) is 0 Å². The lowest BCUT2D eigenvalue weighted by atomic mass is 9.93. The smallest absolute Gasteiger partial charge is 0.130 e. The van der Waals surface area contributed by atoms with Gasteiger partial charge in [-0.3, -0.25) is 0 Å². The van der Waals surface area contributed by atoms with Crippen LogP contribution in [0.25, 0.3) is 0 Å². The van der Waals surface area contributed by atoms with Gasteiger partial charge >= 0.3 is 0 Å². The van der Waals surface area contributed by atoms with Crippen LogP contribution in [-0.2, 0) is 0 Å². The maximum Gasteiger partial charge on any atom is 0.130 e. The first-order valence-corrected chi connectivity index (χ1v) is 6.92. The van der Waals surface area contributed by atoms with Gasteiger partial charge in [-0.05, 0) is 46.0 Å². The van der Waals surface area contributed by atoms with Crippen LogP contribution in [0.4, 0.5) is 8.78 Å². The molecule has 2 rings (SSSR count). The fraction of sp³-hybridized carbons (Fsp3) is 0.600. The molecule has 2 atom stereocenters. The van der Waals surface area contributed by atoms with E-state index in [1.807, 2.05) is 19.0 Å². The molecule has 1 heterocycles. The quantitative estimate of drug-likeness (QED) is 0.902. The van der Waals surface area contributed by atoms with E-state index < -0.39 is 11.6 Å². The molecule has 0 spiro atoms. The lowest BCUT2D eigenvalue weighted by Gasteiger charge is -2.31. The first-order chi connectivity index (χ1) is 9.08. The van der Waals surface area contributed by atoms with Crippen molar-refractivity contribution >= 4 is 0 Å². The second kappa shape index (κ2) is 6.44. The summed E-state index contributed by atoms with van der Waals surface area (Å²) in [7, 11) is 3.88. The SMILES string of the molecule is CN(C)C(CC1CCCCN1)c1ccc(F)cc1F. The molecule has 0 aliphatic carbocycles. The summed E-state index contributed by atoms with van der Waals surface area (Å²) in [6.45, 7) is 1.04. The van der Waals surface area contributed by atoms with E-state index >= 15 is 0 Å². The number of piperidine rings is 1. The van der Waals surface area contributed by atoms with Gasteiger partial charge in [-0.15, -0.1) is 0 Å². The second-order valence-corrected chi connectivity index (χ2v) is 5.53. The highest BCUT2D eigenvalue weighted by Gasteiger charge is 2.23. The third-order valence-electron chi connectivity index (χ3n) is 3.86. The molecule has 1 aliphatic rings. The third-order valence-corrected chi connectivity index (χ3v) is 3.86. The van der Waals surface area contributed by atoms with E-state index in [2.05, 4.69) is 5.32 Å². The predicted octanol–water partition coefficient (Wildman–Crippen LogP) is 3.10. The fourth-order valence-electron chi connectivity index (χ4n) is 2.78. The molecule has 2 unspecified atom stereocenters. The highest BCUT2D eigenvalue weighted by Crippen LogP contribution is 2.28. The van der Waals surface area contributed by atoms with Gasteiger partial charge in [-0.25, -0.2) is 8.78 Å². The monoisotopic (exact) mass is 268 g/mol. The molecular formula is C15H22F2N2. The van der Waals surface area contributed by atoms with E-state index in [0.717, 1.165) is 25.5 Å². The van der Waals surface area contributed by atoms with Gasteiger partial charge in [0, 0.05) is 23.7 Å². The number of hydrogen-bond acceptors (Lipinski definition) is 2. The van der Waals surface area contributed by atoms with Crippen LogP contribution in [0.3, 0.4) is 0 Å². The number of halogens is 2. The second-order valence-electron chi connectivity index (χ2n) is 5.53. The third kappa shape index (κ3) is 3.74. The Kier molecular flexibility index (Phi) is 4.88. The van der Waals surface area contributed by atoms with Crippen molar-refractivity contribution in [1.29, 1.82) is 0 Å². The zero-order valence-corrected chi connectivity index (χ0v) is 11.6. The number of rotatable bonds is 4. The standard InChI is InChI=1S/C15H22F2N2/c1-19(2)15(10-12-5-3-4-8-18-12)13-7-6-11(16)9-14(13)17/h6-7,9,12,15,18H,3-5,8,10H2,1-2H3. The Morgan fingerprint density at radius 3 is 2.68 bits per heavy atom. The summed E-state index contributed by atoms with van der Waals surface area (Å²) in [4.78, 5) is 2.01. The Bertz CT molecular complexity index is 415. The van der Waals surface area contributed by atoms with E-state index in [4.69, 9.17) is 0 Å². The first kappa shape index (κ1) is 14.4. The van der Waals surface area contributed by atoms with Crippen molar-refractivity contribution < 1.29 is 8.78 Å². The molecule has 1 saturated heterocycles. The Morgan fingerprint density at radius 1 is 1.32 bits per heavy atom. The summed E-state index contributed by atoms with van der Waals surface area (Å²) in [5.74, 6) is -0.968. The largest absolute Gasteiger partial charge is 0.314 e. The van der Waals surface area contributed by atoms with Gasteiger partial charge in [0.2, 0.25) is 0 Å². The van der Waals surface area contributed by atoms with Crippen LogP contribution in [0.1, 0.15) is 37.3 Å². The number of nitrogens with one attached hydrogen (secondary N) is 1. The Morgan fingerprint density at radius 2 is 2.11 bits per heavy atom. The van der Waals surface area contributed by atoms with Gasteiger partial charge in [0.15, 0.2) is 0 Å². The molecule has 0 amide bonds. The molecule has 19 heavy (non-hydrogen) atoms. The molecule has 1 fully saturated rings. The zero-order valence-electron chi connectivity index (χ0n) is 11.6. The molecule has 1 aliphatic heterocycles. The van der Waals surface area contributed by atoms with Crippen LogP contribution in [-0.4, -0.2) is 31.6 Å². The summed E-state index contributed by atoms with van der Waals surface area (Å²) in [5, 5.41) is 3.48. The van der Waals surface area contributed by atoms with E-state index in [-0.39, 0.29) is 6.04 Å². The summed E-state index contributed by atoms with van der Waals surface area (Å²) >= 11 is 0. The number of hydrogen-bond donors (Lipinski definition) is 1. The van der Waals surface area contributed by atoms with Crippen molar-refractivity contribution in [3.05, 3.63) is 35.4 Å². The molecule has 1 aromatic rings.